The second kappa shape index (κ2) is 8.84. The van der Waals surface area contributed by atoms with Gasteiger partial charge in [0, 0.05) is 18.8 Å². The van der Waals surface area contributed by atoms with Crippen LogP contribution in [0.4, 0.5) is 5.69 Å². The van der Waals surface area contributed by atoms with Crippen LogP contribution in [-0.4, -0.2) is 45.9 Å². The van der Waals surface area contributed by atoms with Gasteiger partial charge in [0.05, 0.1) is 20.1 Å². The first-order valence-electron chi connectivity index (χ1n) is 9.45. The van der Waals surface area contributed by atoms with Gasteiger partial charge in [-0.2, -0.15) is 4.31 Å². The average Bonchev–Trinajstić information content (AvgIpc) is 2.74. The summed E-state index contributed by atoms with van der Waals surface area (Å²) in [7, 11) is -0.737. The maximum Gasteiger partial charge on any atom is 0.246 e. The number of nitrogens with zero attached hydrogens (tertiary/aromatic N) is 1. The van der Waals surface area contributed by atoms with Gasteiger partial charge in [0.2, 0.25) is 15.9 Å². The first-order valence-corrected chi connectivity index (χ1v) is 10.9. The number of ether oxygens (including phenoxy) is 2. The van der Waals surface area contributed by atoms with E-state index in [4.69, 9.17) is 9.47 Å². The van der Waals surface area contributed by atoms with Gasteiger partial charge in [-0.05, 0) is 61.7 Å². The van der Waals surface area contributed by atoms with E-state index in [0.717, 1.165) is 5.56 Å². The number of amides is 1. The standard InChI is InChI=1S/C21H26N2O5S/c1-15-6-11-19(28-3)20(13-15)29(25,26)23-12-4-5-16(14-23)21(24)22-17-7-9-18(27-2)10-8-17/h6-11,13,16H,4-5,12,14H2,1-3H3,(H,22,24)/t16-/m1/s1. The molecule has 0 bridgehead atoms. The quantitative estimate of drug-likeness (QED) is 0.779. The molecule has 3 rings (SSSR count). The Morgan fingerprint density at radius 1 is 1.10 bits per heavy atom. The van der Waals surface area contributed by atoms with E-state index in [1.165, 1.54) is 11.4 Å². The number of piperidine rings is 1. The van der Waals surface area contributed by atoms with Crippen LogP contribution in [0.2, 0.25) is 0 Å². The molecule has 1 aliphatic rings. The van der Waals surface area contributed by atoms with Crippen molar-refractivity contribution in [2.75, 3.05) is 32.6 Å². The molecule has 29 heavy (non-hydrogen) atoms. The number of hydrogen-bond donors (Lipinski definition) is 1. The number of sulfonamides is 1. The summed E-state index contributed by atoms with van der Waals surface area (Å²) in [6.07, 6.45) is 1.26. The predicted octanol–water partition coefficient (Wildman–Crippen LogP) is 3.05. The molecule has 0 spiro atoms. The highest BCUT2D eigenvalue weighted by molar-refractivity contribution is 7.89. The molecule has 0 aromatic heterocycles. The van der Waals surface area contributed by atoms with E-state index in [1.807, 2.05) is 6.92 Å². The van der Waals surface area contributed by atoms with Crippen LogP contribution in [0.1, 0.15) is 18.4 Å². The molecule has 2 aromatic carbocycles. The van der Waals surface area contributed by atoms with Gasteiger partial charge in [-0.3, -0.25) is 4.79 Å². The topological polar surface area (TPSA) is 84.9 Å². The molecule has 0 saturated carbocycles. The van der Waals surface area contributed by atoms with Gasteiger partial charge in [0.15, 0.2) is 0 Å². The zero-order valence-electron chi connectivity index (χ0n) is 16.8. The van der Waals surface area contributed by atoms with E-state index in [0.29, 0.717) is 36.6 Å². The molecule has 0 unspecified atom stereocenters. The predicted molar refractivity (Wildman–Crippen MR) is 111 cm³/mol. The summed E-state index contributed by atoms with van der Waals surface area (Å²) in [6.45, 7) is 2.35. The first-order chi connectivity index (χ1) is 13.8. The number of carbonyl (C=O) groups excluding carboxylic acids is 1. The lowest BCUT2D eigenvalue weighted by atomic mass is 9.99. The Kier molecular flexibility index (Phi) is 6.44. The molecule has 8 heteroatoms. The van der Waals surface area contributed by atoms with Crippen LogP contribution in [0, 0.1) is 12.8 Å². The van der Waals surface area contributed by atoms with E-state index in [2.05, 4.69) is 5.32 Å². The summed E-state index contributed by atoms with van der Waals surface area (Å²) >= 11 is 0. The molecular weight excluding hydrogens is 392 g/mol. The van der Waals surface area contributed by atoms with E-state index < -0.39 is 15.9 Å². The summed E-state index contributed by atoms with van der Waals surface area (Å²) in [5, 5.41) is 2.87. The van der Waals surface area contributed by atoms with Crippen molar-refractivity contribution in [3.8, 4) is 11.5 Å². The minimum absolute atomic E-state index is 0.135. The minimum atomic E-state index is -3.76. The third-order valence-electron chi connectivity index (χ3n) is 5.05. The highest BCUT2D eigenvalue weighted by Gasteiger charge is 2.35. The van der Waals surface area contributed by atoms with Crippen LogP contribution < -0.4 is 14.8 Å². The van der Waals surface area contributed by atoms with Crippen molar-refractivity contribution in [3.05, 3.63) is 48.0 Å². The maximum absolute atomic E-state index is 13.2. The van der Waals surface area contributed by atoms with E-state index in [9.17, 15) is 13.2 Å². The number of rotatable bonds is 6. The van der Waals surface area contributed by atoms with Gasteiger partial charge in [0.1, 0.15) is 16.4 Å². The zero-order chi connectivity index (χ0) is 21.0. The molecule has 1 atom stereocenters. The fourth-order valence-corrected chi connectivity index (χ4v) is 5.18. The molecule has 2 aromatic rings. The first kappa shape index (κ1) is 21.1. The molecule has 1 N–H and O–H groups in total. The van der Waals surface area contributed by atoms with Gasteiger partial charge >= 0.3 is 0 Å². The number of carbonyl (C=O) groups is 1. The summed E-state index contributed by atoms with van der Waals surface area (Å²) in [5.74, 6) is 0.396. The molecular formula is C21H26N2O5S. The number of anilines is 1. The molecule has 1 aliphatic heterocycles. The van der Waals surface area contributed by atoms with Crippen LogP contribution in [0.3, 0.4) is 0 Å². The fourth-order valence-electron chi connectivity index (χ4n) is 3.42. The second-order valence-electron chi connectivity index (χ2n) is 7.07. The molecule has 1 heterocycles. The number of nitrogens with one attached hydrogen (secondary N) is 1. The SMILES string of the molecule is COc1ccc(NC(=O)[C@@H]2CCCN(S(=O)(=O)c3cc(C)ccc3OC)C2)cc1. The van der Waals surface area contributed by atoms with Crippen molar-refractivity contribution in [2.45, 2.75) is 24.7 Å². The highest BCUT2D eigenvalue weighted by Crippen LogP contribution is 2.31. The second-order valence-corrected chi connectivity index (χ2v) is 8.98. The van der Waals surface area contributed by atoms with Crippen LogP contribution >= 0.6 is 0 Å². The van der Waals surface area contributed by atoms with E-state index in [-0.39, 0.29) is 17.3 Å². The Labute approximate surface area is 171 Å². The summed E-state index contributed by atoms with van der Waals surface area (Å²) < 4.78 is 38.2. The molecule has 0 aliphatic carbocycles. The lowest BCUT2D eigenvalue weighted by Gasteiger charge is -2.31. The molecule has 7 nitrogen and oxygen atoms in total. The highest BCUT2D eigenvalue weighted by atomic mass is 32.2. The molecule has 156 valence electrons. The summed E-state index contributed by atoms with van der Waals surface area (Å²) in [6, 6.07) is 12.1. The van der Waals surface area contributed by atoms with Crippen LogP contribution in [0.25, 0.3) is 0 Å². The maximum atomic E-state index is 13.2. The molecule has 0 radical (unpaired) electrons. The molecule has 1 amide bonds. The number of benzene rings is 2. The number of methoxy groups -OCH3 is 2. The van der Waals surface area contributed by atoms with Crippen molar-refractivity contribution in [1.82, 2.24) is 4.31 Å². The fraction of sp³-hybridized carbons (Fsp3) is 0.381. The number of aryl methyl sites for hydroxylation is 1. The minimum Gasteiger partial charge on any atom is -0.497 e. The van der Waals surface area contributed by atoms with E-state index >= 15 is 0 Å². The van der Waals surface area contributed by atoms with Crippen LogP contribution in [-0.2, 0) is 14.8 Å². The third kappa shape index (κ3) is 4.71. The van der Waals surface area contributed by atoms with Gasteiger partial charge in [-0.1, -0.05) is 6.07 Å². The monoisotopic (exact) mass is 418 g/mol. The van der Waals surface area contributed by atoms with Gasteiger partial charge in [-0.15, -0.1) is 0 Å². The van der Waals surface area contributed by atoms with Gasteiger partial charge in [-0.25, -0.2) is 8.42 Å². The third-order valence-corrected chi connectivity index (χ3v) is 6.94. The number of hydrogen-bond acceptors (Lipinski definition) is 5. The normalized spacial score (nSPS) is 17.6. The van der Waals surface area contributed by atoms with Crippen molar-refractivity contribution in [1.29, 1.82) is 0 Å². The van der Waals surface area contributed by atoms with Crippen molar-refractivity contribution in [2.24, 2.45) is 5.92 Å². The van der Waals surface area contributed by atoms with Crippen molar-refractivity contribution < 1.29 is 22.7 Å². The van der Waals surface area contributed by atoms with Crippen LogP contribution in [0.5, 0.6) is 11.5 Å². The largest absolute Gasteiger partial charge is 0.497 e. The Bertz CT molecular complexity index is 973. The Hall–Kier alpha value is -2.58. The smallest absolute Gasteiger partial charge is 0.246 e. The molecule has 1 saturated heterocycles. The Balaban J connectivity index is 1.75. The Morgan fingerprint density at radius 2 is 1.83 bits per heavy atom. The van der Waals surface area contributed by atoms with Gasteiger partial charge in [0.25, 0.3) is 0 Å². The average molecular weight is 419 g/mol. The lowest BCUT2D eigenvalue weighted by molar-refractivity contribution is -0.120. The summed E-state index contributed by atoms with van der Waals surface area (Å²) in [4.78, 5) is 12.9. The summed E-state index contributed by atoms with van der Waals surface area (Å²) in [5.41, 5.74) is 1.48. The zero-order valence-corrected chi connectivity index (χ0v) is 17.7. The van der Waals surface area contributed by atoms with Crippen molar-refractivity contribution >= 4 is 21.6 Å². The lowest BCUT2D eigenvalue weighted by Crippen LogP contribution is -2.43. The van der Waals surface area contributed by atoms with Gasteiger partial charge < -0.3 is 14.8 Å². The van der Waals surface area contributed by atoms with Crippen molar-refractivity contribution in [3.63, 3.8) is 0 Å². The molecule has 1 fully saturated rings. The Morgan fingerprint density at radius 3 is 2.48 bits per heavy atom. The van der Waals surface area contributed by atoms with Crippen LogP contribution in [0.15, 0.2) is 47.4 Å². The van der Waals surface area contributed by atoms with E-state index in [1.54, 1.807) is 49.6 Å².